The minimum Gasteiger partial charge on any atom is -0.466 e. The summed E-state index contributed by atoms with van der Waals surface area (Å²) in [5.41, 5.74) is 7.67. The number of aryl methyl sites for hydroxylation is 2. The van der Waals surface area contributed by atoms with Crippen molar-refractivity contribution >= 4 is 0 Å². The van der Waals surface area contributed by atoms with Crippen LogP contribution in [0.2, 0.25) is 0 Å². The Balaban J connectivity index is 2.20. The first-order chi connectivity index (χ1) is 8.08. The zero-order chi connectivity index (χ0) is 12.4. The molecule has 1 unspecified atom stereocenters. The third kappa shape index (κ3) is 2.56. The fourth-order valence-electron chi connectivity index (χ4n) is 2.03. The van der Waals surface area contributed by atoms with Gasteiger partial charge in [0.05, 0.1) is 0 Å². The van der Waals surface area contributed by atoms with Crippen molar-refractivity contribution in [2.45, 2.75) is 26.3 Å². The van der Waals surface area contributed by atoms with Gasteiger partial charge in [-0.15, -0.1) is 0 Å². The number of benzene rings is 1. The third-order valence-corrected chi connectivity index (χ3v) is 2.88. The molecule has 90 valence electrons. The van der Waals surface area contributed by atoms with Crippen LogP contribution in [-0.4, -0.2) is 0 Å². The van der Waals surface area contributed by atoms with Gasteiger partial charge in [0.15, 0.2) is 0 Å². The quantitative estimate of drug-likeness (QED) is 0.883. The molecule has 2 rings (SSSR count). The summed E-state index contributed by atoms with van der Waals surface area (Å²) in [7, 11) is 0. The van der Waals surface area contributed by atoms with Crippen molar-refractivity contribution in [2.75, 3.05) is 0 Å². The smallest absolute Gasteiger partial charge is 0.126 e. The van der Waals surface area contributed by atoms with Crippen LogP contribution < -0.4 is 5.73 Å². The van der Waals surface area contributed by atoms with Crippen LogP contribution in [0.5, 0.6) is 0 Å². The van der Waals surface area contributed by atoms with Gasteiger partial charge in [0.2, 0.25) is 0 Å². The highest BCUT2D eigenvalue weighted by atomic mass is 19.1. The molecule has 3 heteroatoms. The molecule has 1 aromatic heterocycles. The number of hydrogen-bond donors (Lipinski definition) is 1. The summed E-state index contributed by atoms with van der Waals surface area (Å²) in [5, 5.41) is 0. The van der Waals surface area contributed by atoms with E-state index in [4.69, 9.17) is 10.2 Å². The highest BCUT2D eigenvalue weighted by molar-refractivity contribution is 5.27. The van der Waals surface area contributed by atoms with Gasteiger partial charge >= 0.3 is 0 Å². The Morgan fingerprint density at radius 2 is 2.00 bits per heavy atom. The lowest BCUT2D eigenvalue weighted by Gasteiger charge is -2.11. The Morgan fingerprint density at radius 1 is 1.29 bits per heavy atom. The van der Waals surface area contributed by atoms with Crippen molar-refractivity contribution in [3.05, 3.63) is 58.8 Å². The molecule has 2 aromatic rings. The molecule has 0 saturated heterocycles. The van der Waals surface area contributed by atoms with Gasteiger partial charge in [0.1, 0.15) is 17.3 Å². The van der Waals surface area contributed by atoms with Gasteiger partial charge in [-0.3, -0.25) is 0 Å². The molecule has 0 aliphatic carbocycles. The van der Waals surface area contributed by atoms with Gasteiger partial charge in [-0.1, -0.05) is 18.2 Å². The van der Waals surface area contributed by atoms with E-state index in [1.807, 2.05) is 26.0 Å². The van der Waals surface area contributed by atoms with Crippen molar-refractivity contribution in [3.8, 4) is 0 Å². The molecule has 0 aliphatic rings. The van der Waals surface area contributed by atoms with Crippen LogP contribution in [0.4, 0.5) is 4.39 Å². The van der Waals surface area contributed by atoms with Crippen LogP contribution in [0, 0.1) is 19.7 Å². The molecule has 1 atom stereocenters. The Hall–Kier alpha value is -1.61. The van der Waals surface area contributed by atoms with E-state index in [9.17, 15) is 4.39 Å². The van der Waals surface area contributed by atoms with Gasteiger partial charge in [0.25, 0.3) is 0 Å². The van der Waals surface area contributed by atoms with Gasteiger partial charge in [-0.2, -0.15) is 0 Å². The number of nitrogens with two attached hydrogens (primary N) is 1. The van der Waals surface area contributed by atoms with Crippen LogP contribution in [0.15, 0.2) is 34.7 Å². The molecule has 0 saturated carbocycles. The van der Waals surface area contributed by atoms with Gasteiger partial charge in [-0.25, -0.2) is 4.39 Å². The highest BCUT2D eigenvalue weighted by Crippen LogP contribution is 2.23. The summed E-state index contributed by atoms with van der Waals surface area (Å²) in [4.78, 5) is 0. The van der Waals surface area contributed by atoms with Gasteiger partial charge in [0, 0.05) is 11.6 Å². The van der Waals surface area contributed by atoms with E-state index in [1.54, 1.807) is 12.1 Å². The first-order valence-corrected chi connectivity index (χ1v) is 5.64. The molecule has 0 radical (unpaired) electrons. The molecular formula is C14H16FNO. The molecule has 0 aliphatic heterocycles. The number of halogens is 1. The van der Waals surface area contributed by atoms with E-state index in [-0.39, 0.29) is 11.9 Å². The minimum absolute atomic E-state index is 0.208. The van der Waals surface area contributed by atoms with E-state index >= 15 is 0 Å². The first kappa shape index (κ1) is 11.9. The van der Waals surface area contributed by atoms with Crippen LogP contribution in [0.25, 0.3) is 0 Å². The predicted molar refractivity (Wildman–Crippen MR) is 65.2 cm³/mol. The fraction of sp³-hybridized carbons (Fsp3) is 0.286. The van der Waals surface area contributed by atoms with E-state index in [1.165, 1.54) is 6.07 Å². The molecule has 0 spiro atoms. The summed E-state index contributed by atoms with van der Waals surface area (Å²) < 4.78 is 18.9. The zero-order valence-electron chi connectivity index (χ0n) is 10.0. The fourth-order valence-corrected chi connectivity index (χ4v) is 2.03. The summed E-state index contributed by atoms with van der Waals surface area (Å²) in [6, 6.07) is 8.40. The van der Waals surface area contributed by atoms with Crippen molar-refractivity contribution in [1.82, 2.24) is 0 Å². The molecule has 0 amide bonds. The zero-order valence-corrected chi connectivity index (χ0v) is 10.0. The Kier molecular flexibility index (Phi) is 3.29. The maximum absolute atomic E-state index is 13.5. The van der Waals surface area contributed by atoms with E-state index < -0.39 is 0 Å². The SMILES string of the molecule is Cc1cc(C(N)Cc2ccccc2F)c(C)o1. The summed E-state index contributed by atoms with van der Waals surface area (Å²) in [5.74, 6) is 1.44. The summed E-state index contributed by atoms with van der Waals surface area (Å²) in [6.07, 6.45) is 0.479. The van der Waals surface area contributed by atoms with Crippen LogP contribution in [0.1, 0.15) is 28.7 Å². The second kappa shape index (κ2) is 4.72. The Bertz CT molecular complexity index is 519. The average molecular weight is 233 g/mol. The largest absolute Gasteiger partial charge is 0.466 e. The molecule has 2 N–H and O–H groups in total. The van der Waals surface area contributed by atoms with Crippen molar-refractivity contribution < 1.29 is 8.81 Å². The Morgan fingerprint density at radius 3 is 2.59 bits per heavy atom. The topological polar surface area (TPSA) is 39.2 Å². The second-order valence-corrected chi connectivity index (χ2v) is 4.27. The average Bonchev–Trinajstić information content (AvgIpc) is 2.61. The molecule has 0 fully saturated rings. The Labute approximate surface area is 100 Å². The molecule has 1 heterocycles. The lowest BCUT2D eigenvalue weighted by Crippen LogP contribution is -2.14. The molecule has 2 nitrogen and oxygen atoms in total. The molecule has 1 aromatic carbocycles. The van der Waals surface area contributed by atoms with E-state index in [0.717, 1.165) is 17.1 Å². The number of hydrogen-bond acceptors (Lipinski definition) is 2. The normalized spacial score (nSPS) is 12.7. The molecule has 0 bridgehead atoms. The van der Waals surface area contributed by atoms with Crippen LogP contribution in [0.3, 0.4) is 0 Å². The molecular weight excluding hydrogens is 217 g/mol. The number of rotatable bonds is 3. The van der Waals surface area contributed by atoms with Crippen LogP contribution in [-0.2, 0) is 6.42 Å². The minimum atomic E-state index is -0.232. The van der Waals surface area contributed by atoms with Gasteiger partial charge < -0.3 is 10.2 Å². The second-order valence-electron chi connectivity index (χ2n) is 4.27. The maximum Gasteiger partial charge on any atom is 0.126 e. The van der Waals surface area contributed by atoms with Crippen molar-refractivity contribution in [2.24, 2.45) is 5.73 Å². The predicted octanol–water partition coefficient (Wildman–Crippen LogP) is 3.28. The van der Waals surface area contributed by atoms with Gasteiger partial charge in [-0.05, 0) is 38.0 Å². The molecule has 17 heavy (non-hydrogen) atoms. The lowest BCUT2D eigenvalue weighted by atomic mass is 10.00. The third-order valence-electron chi connectivity index (χ3n) is 2.88. The highest BCUT2D eigenvalue weighted by Gasteiger charge is 2.15. The van der Waals surface area contributed by atoms with E-state index in [0.29, 0.717) is 12.0 Å². The summed E-state index contributed by atoms with van der Waals surface area (Å²) >= 11 is 0. The first-order valence-electron chi connectivity index (χ1n) is 5.64. The lowest BCUT2D eigenvalue weighted by molar-refractivity contribution is 0.496. The summed E-state index contributed by atoms with van der Waals surface area (Å²) in [6.45, 7) is 3.76. The monoisotopic (exact) mass is 233 g/mol. The standard InChI is InChI=1S/C14H16FNO/c1-9-7-12(10(2)17-9)14(16)8-11-5-3-4-6-13(11)15/h3-7,14H,8,16H2,1-2H3. The van der Waals surface area contributed by atoms with Crippen molar-refractivity contribution in [3.63, 3.8) is 0 Å². The van der Waals surface area contributed by atoms with Crippen LogP contribution >= 0.6 is 0 Å². The van der Waals surface area contributed by atoms with Crippen molar-refractivity contribution in [1.29, 1.82) is 0 Å². The maximum atomic E-state index is 13.5. The number of furan rings is 1. The van der Waals surface area contributed by atoms with E-state index in [2.05, 4.69) is 0 Å².